The van der Waals surface area contributed by atoms with Gasteiger partial charge in [0, 0.05) is 8.00 Å². The summed E-state index contributed by atoms with van der Waals surface area (Å²) in [5, 5.41) is 2.68. The number of hydrogen-bond acceptors (Lipinski definition) is 0. The van der Waals surface area contributed by atoms with Gasteiger partial charge < -0.3 is 0 Å². The smallest absolute Gasteiger partial charge is 0.0257 e. The predicted octanol–water partition coefficient (Wildman–Crippen LogP) is 4.38. The summed E-state index contributed by atoms with van der Waals surface area (Å²) < 4.78 is 2.45. The molecule has 0 bridgehead atoms. The van der Waals surface area contributed by atoms with E-state index in [1.54, 1.807) is 0 Å². The molecular formula is C11H8I2. The highest BCUT2D eigenvalue weighted by Crippen LogP contribution is 2.23. The molecule has 0 radical (unpaired) electrons. The number of alkyl halides is 1. The molecule has 0 aromatic heterocycles. The van der Waals surface area contributed by atoms with Gasteiger partial charge in [0.1, 0.15) is 0 Å². The average Bonchev–Trinajstić information content (AvgIpc) is 2.17. The Morgan fingerprint density at radius 3 is 2.23 bits per heavy atom. The molecule has 0 atom stereocenters. The maximum Gasteiger partial charge on any atom is 0.0257 e. The van der Waals surface area contributed by atoms with Crippen LogP contribution in [-0.2, 0) is 4.43 Å². The molecule has 0 aliphatic carbocycles. The number of hydrogen-bond donors (Lipinski definition) is 0. The third-order valence-corrected chi connectivity index (χ3v) is 3.88. The molecule has 2 aromatic carbocycles. The fourth-order valence-corrected chi connectivity index (χ4v) is 3.40. The third kappa shape index (κ3) is 1.98. The first-order valence-electron chi connectivity index (χ1n) is 4.04. The molecule has 0 aliphatic rings. The van der Waals surface area contributed by atoms with E-state index in [-0.39, 0.29) is 0 Å². The molecule has 0 spiro atoms. The summed E-state index contributed by atoms with van der Waals surface area (Å²) in [5.41, 5.74) is 1.43. The highest BCUT2D eigenvalue weighted by molar-refractivity contribution is 14.1. The predicted molar refractivity (Wildman–Crippen MR) is 74.4 cm³/mol. The highest BCUT2D eigenvalue weighted by atomic mass is 127. The molecule has 0 saturated heterocycles. The first-order chi connectivity index (χ1) is 6.31. The Kier molecular flexibility index (Phi) is 3.08. The summed E-state index contributed by atoms with van der Waals surface area (Å²) in [6.07, 6.45) is 0. The minimum Gasteiger partial charge on any atom is -0.0811 e. The van der Waals surface area contributed by atoms with Crippen molar-refractivity contribution in [2.45, 2.75) is 4.43 Å². The van der Waals surface area contributed by atoms with Crippen LogP contribution in [0.1, 0.15) is 5.56 Å². The van der Waals surface area contributed by atoms with Gasteiger partial charge >= 0.3 is 0 Å². The van der Waals surface area contributed by atoms with Crippen molar-refractivity contribution >= 4 is 56.0 Å². The second-order valence-corrected chi connectivity index (χ2v) is 4.85. The lowest BCUT2D eigenvalue weighted by Gasteiger charge is -2.03. The van der Waals surface area contributed by atoms with Crippen molar-refractivity contribution in [1.29, 1.82) is 0 Å². The van der Waals surface area contributed by atoms with Crippen LogP contribution >= 0.6 is 45.2 Å². The molecule has 0 unspecified atom stereocenters. The summed E-state index contributed by atoms with van der Waals surface area (Å²) in [6, 6.07) is 13.0. The molecule has 0 heterocycles. The van der Waals surface area contributed by atoms with Gasteiger partial charge in [-0.25, -0.2) is 0 Å². The highest BCUT2D eigenvalue weighted by Gasteiger charge is 2.00. The molecular weight excluding hydrogens is 386 g/mol. The van der Waals surface area contributed by atoms with Crippen LogP contribution in [0.3, 0.4) is 0 Å². The second-order valence-electron chi connectivity index (χ2n) is 2.92. The number of fused-ring (bicyclic) bond motifs is 1. The number of benzene rings is 2. The minimum absolute atomic E-state index is 1.08. The Labute approximate surface area is 105 Å². The van der Waals surface area contributed by atoms with Gasteiger partial charge in [-0.05, 0) is 51.1 Å². The zero-order chi connectivity index (χ0) is 9.26. The van der Waals surface area contributed by atoms with Crippen molar-refractivity contribution in [2.75, 3.05) is 0 Å². The van der Waals surface area contributed by atoms with Crippen molar-refractivity contribution in [3.63, 3.8) is 0 Å². The summed E-state index contributed by atoms with van der Waals surface area (Å²) in [6.45, 7) is 0. The largest absolute Gasteiger partial charge is 0.0811 e. The molecule has 2 heteroatoms. The van der Waals surface area contributed by atoms with Crippen LogP contribution in [0.15, 0.2) is 36.4 Å². The molecule has 2 rings (SSSR count). The lowest BCUT2D eigenvalue weighted by Crippen LogP contribution is -1.84. The number of halogens is 2. The van der Waals surface area contributed by atoms with E-state index in [2.05, 4.69) is 81.6 Å². The summed E-state index contributed by atoms with van der Waals surface area (Å²) in [5.74, 6) is 0. The number of rotatable bonds is 1. The molecule has 66 valence electrons. The van der Waals surface area contributed by atoms with Gasteiger partial charge in [-0.3, -0.25) is 0 Å². The Morgan fingerprint density at radius 2 is 1.62 bits per heavy atom. The van der Waals surface area contributed by atoms with Crippen molar-refractivity contribution in [1.82, 2.24) is 0 Å². The van der Waals surface area contributed by atoms with Crippen LogP contribution in [-0.4, -0.2) is 0 Å². The maximum atomic E-state index is 2.41. The van der Waals surface area contributed by atoms with Crippen molar-refractivity contribution in [3.05, 3.63) is 45.5 Å². The Balaban J connectivity index is 2.74. The van der Waals surface area contributed by atoms with Crippen LogP contribution < -0.4 is 0 Å². The second kappa shape index (κ2) is 4.13. The van der Waals surface area contributed by atoms with E-state index in [4.69, 9.17) is 0 Å². The molecule has 2 aromatic rings. The fourth-order valence-electron chi connectivity index (χ4n) is 1.36. The summed E-state index contributed by atoms with van der Waals surface area (Å²) in [7, 11) is 0. The van der Waals surface area contributed by atoms with Crippen LogP contribution in [0.5, 0.6) is 0 Å². The van der Waals surface area contributed by atoms with Gasteiger partial charge in [0.05, 0.1) is 0 Å². The van der Waals surface area contributed by atoms with Crippen molar-refractivity contribution in [3.8, 4) is 0 Å². The van der Waals surface area contributed by atoms with Crippen LogP contribution in [0.4, 0.5) is 0 Å². The zero-order valence-corrected chi connectivity index (χ0v) is 11.2. The summed E-state index contributed by atoms with van der Waals surface area (Å²) >= 11 is 4.81. The molecule has 0 saturated carbocycles. The minimum atomic E-state index is 1.08. The fraction of sp³-hybridized carbons (Fsp3) is 0.0909. The van der Waals surface area contributed by atoms with E-state index in [1.807, 2.05) is 0 Å². The van der Waals surface area contributed by atoms with Gasteiger partial charge in [0.2, 0.25) is 0 Å². The van der Waals surface area contributed by atoms with Crippen LogP contribution in [0, 0.1) is 3.57 Å². The van der Waals surface area contributed by atoms with Gasteiger partial charge in [0.15, 0.2) is 0 Å². The lowest BCUT2D eigenvalue weighted by atomic mass is 10.1. The summed E-state index contributed by atoms with van der Waals surface area (Å²) in [4.78, 5) is 0. The topological polar surface area (TPSA) is 0 Å². The Morgan fingerprint density at radius 1 is 1.00 bits per heavy atom. The van der Waals surface area contributed by atoms with Crippen LogP contribution in [0.25, 0.3) is 10.8 Å². The monoisotopic (exact) mass is 394 g/mol. The first kappa shape index (κ1) is 9.71. The Bertz CT molecular complexity index is 435. The normalized spacial score (nSPS) is 10.6. The van der Waals surface area contributed by atoms with Gasteiger partial charge in [-0.2, -0.15) is 0 Å². The molecule has 0 N–H and O–H groups in total. The van der Waals surface area contributed by atoms with Gasteiger partial charge in [-0.15, -0.1) is 0 Å². The van der Waals surface area contributed by atoms with Crippen molar-refractivity contribution < 1.29 is 0 Å². The van der Waals surface area contributed by atoms with E-state index in [1.165, 1.54) is 19.9 Å². The first-order valence-corrected chi connectivity index (χ1v) is 6.65. The maximum absolute atomic E-state index is 2.41. The van der Waals surface area contributed by atoms with E-state index in [0.29, 0.717) is 0 Å². The zero-order valence-electron chi connectivity index (χ0n) is 6.93. The standard InChI is InChI=1S/C11H8I2/c12-7-10-5-8-3-1-2-4-9(8)6-11(10)13/h1-6H,7H2. The van der Waals surface area contributed by atoms with E-state index in [9.17, 15) is 0 Å². The van der Waals surface area contributed by atoms with Crippen molar-refractivity contribution in [2.24, 2.45) is 0 Å². The molecule has 13 heavy (non-hydrogen) atoms. The van der Waals surface area contributed by atoms with E-state index in [0.717, 1.165) is 4.43 Å². The SMILES string of the molecule is ICc1cc2ccccc2cc1I. The molecule has 0 fully saturated rings. The van der Waals surface area contributed by atoms with Crippen LogP contribution in [0.2, 0.25) is 0 Å². The lowest BCUT2D eigenvalue weighted by molar-refractivity contribution is 1.44. The molecule has 0 aliphatic heterocycles. The van der Waals surface area contributed by atoms with E-state index >= 15 is 0 Å². The van der Waals surface area contributed by atoms with Gasteiger partial charge in [0.25, 0.3) is 0 Å². The molecule has 0 amide bonds. The average molecular weight is 394 g/mol. The van der Waals surface area contributed by atoms with E-state index < -0.39 is 0 Å². The van der Waals surface area contributed by atoms with Gasteiger partial charge in [-0.1, -0.05) is 46.9 Å². The quantitative estimate of drug-likeness (QED) is 0.498. The third-order valence-electron chi connectivity index (χ3n) is 2.06. The molecule has 0 nitrogen and oxygen atoms in total. The Hall–Kier alpha value is 0.160.